The molecule has 1 aromatic rings. The normalized spacial score (nSPS) is 21.9. The van der Waals surface area contributed by atoms with E-state index in [4.69, 9.17) is 5.11 Å². The first kappa shape index (κ1) is 14.2. The van der Waals surface area contributed by atoms with Crippen molar-refractivity contribution in [2.24, 2.45) is 11.8 Å². The Kier molecular flexibility index (Phi) is 3.87. The fraction of sp³-hybridized carbons (Fsp3) is 0.385. The van der Waals surface area contributed by atoms with Crippen molar-refractivity contribution in [2.45, 2.75) is 6.92 Å². The van der Waals surface area contributed by atoms with Crippen LogP contribution in [-0.4, -0.2) is 35.1 Å². The van der Waals surface area contributed by atoms with Gasteiger partial charge < -0.3 is 15.3 Å². The van der Waals surface area contributed by atoms with Gasteiger partial charge in [-0.1, -0.05) is 6.92 Å². The molecule has 20 heavy (non-hydrogen) atoms. The van der Waals surface area contributed by atoms with E-state index in [9.17, 15) is 18.4 Å². The minimum atomic E-state index is -0.958. The molecule has 5 nitrogen and oxygen atoms in total. The van der Waals surface area contributed by atoms with Gasteiger partial charge in [0, 0.05) is 19.2 Å². The molecule has 0 unspecified atom stereocenters. The molecule has 0 aliphatic carbocycles. The largest absolute Gasteiger partial charge is 0.481 e. The van der Waals surface area contributed by atoms with Crippen LogP contribution in [0.3, 0.4) is 0 Å². The van der Waals surface area contributed by atoms with Crippen molar-refractivity contribution in [1.29, 1.82) is 0 Å². The van der Waals surface area contributed by atoms with Crippen LogP contribution in [0.25, 0.3) is 0 Å². The number of nitrogens with zero attached hydrogens (tertiary/aromatic N) is 1. The molecular weight excluding hydrogens is 270 g/mol. The Hall–Kier alpha value is -2.18. The number of carbonyl (C=O) groups excluding carboxylic acids is 1. The monoisotopic (exact) mass is 284 g/mol. The maximum Gasteiger partial charge on any atom is 0.321 e. The molecule has 108 valence electrons. The van der Waals surface area contributed by atoms with Gasteiger partial charge in [-0.15, -0.1) is 0 Å². The second-order valence-corrected chi connectivity index (χ2v) is 4.88. The zero-order chi connectivity index (χ0) is 14.9. The highest BCUT2D eigenvalue weighted by atomic mass is 19.1. The molecule has 0 spiro atoms. The van der Waals surface area contributed by atoms with Crippen molar-refractivity contribution in [2.75, 3.05) is 18.4 Å². The maximum atomic E-state index is 13.4. The van der Waals surface area contributed by atoms with E-state index in [0.717, 1.165) is 12.1 Å². The molecule has 0 saturated carbocycles. The average Bonchev–Trinajstić information content (AvgIpc) is 2.75. The van der Waals surface area contributed by atoms with Crippen LogP contribution in [0.2, 0.25) is 0 Å². The van der Waals surface area contributed by atoms with Crippen LogP contribution >= 0.6 is 0 Å². The maximum absolute atomic E-state index is 13.4. The molecule has 1 aliphatic heterocycles. The number of amides is 2. The lowest BCUT2D eigenvalue weighted by molar-refractivity contribution is -0.142. The van der Waals surface area contributed by atoms with Crippen LogP contribution in [0, 0.1) is 23.5 Å². The number of carboxylic acids is 1. The number of benzene rings is 1. The van der Waals surface area contributed by atoms with Crippen LogP contribution in [0.1, 0.15) is 6.92 Å². The molecular formula is C13H14F2N2O3. The minimum Gasteiger partial charge on any atom is -0.481 e. The molecule has 1 fully saturated rings. The number of anilines is 1. The Bertz CT molecular complexity index is 550. The van der Waals surface area contributed by atoms with E-state index in [1.807, 2.05) is 0 Å². The van der Waals surface area contributed by atoms with Crippen LogP contribution in [0.4, 0.5) is 19.3 Å². The van der Waals surface area contributed by atoms with Crippen molar-refractivity contribution in [1.82, 2.24) is 4.90 Å². The number of hydrogen-bond acceptors (Lipinski definition) is 2. The summed E-state index contributed by atoms with van der Waals surface area (Å²) < 4.78 is 26.2. The predicted octanol–water partition coefficient (Wildman–Crippen LogP) is 2.15. The average molecular weight is 284 g/mol. The van der Waals surface area contributed by atoms with Crippen molar-refractivity contribution < 1.29 is 23.5 Å². The summed E-state index contributed by atoms with van der Waals surface area (Å²) in [6.07, 6.45) is 0. The van der Waals surface area contributed by atoms with Crippen molar-refractivity contribution in [3.05, 3.63) is 29.8 Å². The smallest absolute Gasteiger partial charge is 0.321 e. The quantitative estimate of drug-likeness (QED) is 0.874. The zero-order valence-corrected chi connectivity index (χ0v) is 10.8. The summed E-state index contributed by atoms with van der Waals surface area (Å²) in [5.74, 6) is -3.36. The van der Waals surface area contributed by atoms with Crippen molar-refractivity contribution in [3.63, 3.8) is 0 Å². The first-order valence-corrected chi connectivity index (χ1v) is 6.12. The van der Waals surface area contributed by atoms with E-state index in [2.05, 4.69) is 5.32 Å². The summed E-state index contributed by atoms with van der Waals surface area (Å²) in [6.45, 7) is 2.10. The second kappa shape index (κ2) is 5.44. The summed E-state index contributed by atoms with van der Waals surface area (Å²) >= 11 is 0. The Morgan fingerprint density at radius 1 is 1.35 bits per heavy atom. The van der Waals surface area contributed by atoms with Gasteiger partial charge in [-0.2, -0.15) is 0 Å². The molecule has 0 bridgehead atoms. The molecule has 2 amide bonds. The molecule has 1 aromatic carbocycles. The predicted molar refractivity (Wildman–Crippen MR) is 67.2 cm³/mol. The van der Waals surface area contributed by atoms with Crippen LogP contribution < -0.4 is 5.32 Å². The van der Waals surface area contributed by atoms with Gasteiger partial charge in [0.1, 0.15) is 11.6 Å². The summed E-state index contributed by atoms with van der Waals surface area (Å²) in [7, 11) is 0. The third-order valence-electron chi connectivity index (χ3n) is 3.39. The molecule has 1 heterocycles. The van der Waals surface area contributed by atoms with E-state index in [0.29, 0.717) is 6.07 Å². The van der Waals surface area contributed by atoms with Gasteiger partial charge in [0.05, 0.1) is 11.6 Å². The number of carboxylic acid groups (broad SMARTS) is 1. The van der Waals surface area contributed by atoms with E-state index < -0.39 is 29.6 Å². The summed E-state index contributed by atoms with van der Waals surface area (Å²) in [5.41, 5.74) is -0.136. The van der Waals surface area contributed by atoms with Crippen LogP contribution in [0.5, 0.6) is 0 Å². The first-order valence-electron chi connectivity index (χ1n) is 6.12. The second-order valence-electron chi connectivity index (χ2n) is 4.88. The summed E-state index contributed by atoms with van der Waals surface area (Å²) in [6, 6.07) is 2.23. The number of aliphatic carboxylic acids is 1. The van der Waals surface area contributed by atoms with Crippen molar-refractivity contribution in [3.8, 4) is 0 Å². The topological polar surface area (TPSA) is 69.6 Å². The van der Waals surface area contributed by atoms with E-state index in [1.165, 1.54) is 4.90 Å². The van der Waals surface area contributed by atoms with E-state index in [-0.39, 0.29) is 24.7 Å². The molecule has 0 aromatic heterocycles. The number of rotatable bonds is 2. The molecule has 2 N–H and O–H groups in total. The molecule has 2 rings (SSSR count). The van der Waals surface area contributed by atoms with E-state index >= 15 is 0 Å². The summed E-state index contributed by atoms with van der Waals surface area (Å²) in [4.78, 5) is 24.2. The molecule has 1 saturated heterocycles. The third-order valence-corrected chi connectivity index (χ3v) is 3.39. The highest BCUT2D eigenvalue weighted by Gasteiger charge is 2.37. The summed E-state index contributed by atoms with van der Waals surface area (Å²) in [5, 5.41) is 11.3. The van der Waals surface area contributed by atoms with E-state index in [1.54, 1.807) is 6.92 Å². The molecule has 7 heteroatoms. The van der Waals surface area contributed by atoms with Gasteiger partial charge in [0.2, 0.25) is 0 Å². The molecule has 2 atom stereocenters. The lowest BCUT2D eigenvalue weighted by atomic mass is 9.99. The third kappa shape index (κ3) is 2.87. The number of urea groups is 1. The Morgan fingerprint density at radius 3 is 2.60 bits per heavy atom. The van der Waals surface area contributed by atoms with Crippen LogP contribution in [0.15, 0.2) is 18.2 Å². The molecule has 0 radical (unpaired) electrons. The Balaban J connectivity index is 2.04. The van der Waals surface area contributed by atoms with Gasteiger partial charge in [-0.05, 0) is 18.1 Å². The fourth-order valence-electron chi connectivity index (χ4n) is 2.24. The van der Waals surface area contributed by atoms with Crippen molar-refractivity contribution >= 4 is 17.7 Å². The number of likely N-dealkylation sites (tertiary alicyclic amines) is 1. The number of hydrogen-bond donors (Lipinski definition) is 2. The Morgan fingerprint density at radius 2 is 2.05 bits per heavy atom. The Labute approximate surface area is 114 Å². The SMILES string of the molecule is C[C@@H]1CN(C(=O)Nc2ccc(F)cc2F)C[C@H]1C(=O)O. The standard InChI is InChI=1S/C13H14F2N2O3/c1-7-5-17(6-9(7)12(18)19)13(20)16-11-3-2-8(14)4-10(11)15/h2-4,7,9H,5-6H2,1H3,(H,16,20)(H,18,19)/t7-,9-/m1/s1. The fourth-order valence-corrected chi connectivity index (χ4v) is 2.24. The lowest BCUT2D eigenvalue weighted by Crippen LogP contribution is -2.34. The number of nitrogens with one attached hydrogen (secondary N) is 1. The number of carbonyl (C=O) groups is 2. The highest BCUT2D eigenvalue weighted by Crippen LogP contribution is 2.24. The van der Waals surface area contributed by atoms with Gasteiger partial charge in [0.15, 0.2) is 0 Å². The van der Waals surface area contributed by atoms with Crippen LogP contribution in [-0.2, 0) is 4.79 Å². The molecule has 1 aliphatic rings. The van der Waals surface area contributed by atoms with Gasteiger partial charge in [-0.3, -0.25) is 4.79 Å². The van der Waals surface area contributed by atoms with Gasteiger partial charge in [-0.25, -0.2) is 13.6 Å². The van der Waals surface area contributed by atoms with Gasteiger partial charge >= 0.3 is 12.0 Å². The highest BCUT2D eigenvalue weighted by molar-refractivity contribution is 5.90. The zero-order valence-electron chi connectivity index (χ0n) is 10.8. The number of halogens is 2. The minimum absolute atomic E-state index is 0.0746. The lowest BCUT2D eigenvalue weighted by Gasteiger charge is -2.17. The first-order chi connectivity index (χ1) is 9.38. The van der Waals surface area contributed by atoms with Gasteiger partial charge in [0.25, 0.3) is 0 Å².